The van der Waals surface area contributed by atoms with E-state index in [0.717, 1.165) is 28.0 Å². The van der Waals surface area contributed by atoms with Crippen molar-refractivity contribution in [2.24, 2.45) is 11.8 Å². The molecular formula is C22H18N2O4. The quantitative estimate of drug-likeness (QED) is 0.658. The molecule has 0 radical (unpaired) electrons. The number of amides is 2. The van der Waals surface area contributed by atoms with Gasteiger partial charge in [0.15, 0.2) is 0 Å². The Morgan fingerprint density at radius 3 is 2.46 bits per heavy atom. The zero-order chi connectivity index (χ0) is 19.6. The second kappa shape index (κ2) is 5.79. The summed E-state index contributed by atoms with van der Waals surface area (Å²) in [6.07, 6.45) is 2.73. The van der Waals surface area contributed by atoms with Gasteiger partial charge in [0.25, 0.3) is 0 Å². The van der Waals surface area contributed by atoms with Crippen LogP contribution in [0.5, 0.6) is 5.75 Å². The number of aryl methyl sites for hydroxylation is 1. The van der Waals surface area contributed by atoms with Crippen molar-refractivity contribution < 1.29 is 19.5 Å². The summed E-state index contributed by atoms with van der Waals surface area (Å²) in [5, 5.41) is 10.1. The van der Waals surface area contributed by atoms with Crippen LogP contribution in [-0.4, -0.2) is 40.2 Å². The number of phenols is 1. The maximum atomic E-state index is 13.1. The molecule has 28 heavy (non-hydrogen) atoms. The van der Waals surface area contributed by atoms with E-state index in [0.29, 0.717) is 0 Å². The number of nitrogens with zero attached hydrogens (tertiary/aromatic N) is 2. The minimum Gasteiger partial charge on any atom is -0.506 e. The monoisotopic (exact) mass is 374 g/mol. The van der Waals surface area contributed by atoms with Crippen molar-refractivity contribution in [2.45, 2.75) is 19.0 Å². The number of anilines is 1. The lowest BCUT2D eigenvalue weighted by Crippen LogP contribution is -2.48. The van der Waals surface area contributed by atoms with E-state index in [4.69, 9.17) is 0 Å². The molecule has 2 aromatic rings. The molecule has 4 atom stereocenters. The molecule has 2 amide bonds. The fraction of sp³-hybridized carbons (Fsp3) is 0.227. The first kappa shape index (κ1) is 16.7. The summed E-state index contributed by atoms with van der Waals surface area (Å²) in [5.74, 6) is -2.28. The van der Waals surface area contributed by atoms with Gasteiger partial charge in [0.05, 0.1) is 29.6 Å². The number of benzene rings is 2. The number of hydrogen-bond acceptors (Lipinski definition) is 5. The Hall–Kier alpha value is -3.41. The highest BCUT2D eigenvalue weighted by Crippen LogP contribution is 2.52. The molecule has 0 aliphatic carbocycles. The Kier molecular flexibility index (Phi) is 3.46. The summed E-state index contributed by atoms with van der Waals surface area (Å²) in [6.45, 7) is 1.99. The standard InChI is InChI=1S/C22H18N2O4/c1-12-5-4-6-13(9-12)15-10-16-19-20(17(11-25)23(15)16)22(28)24(21(19)27)14-7-2-3-8-18(14)26/h2-11,16-17,19-20,26H,1H3/t16?,17?,19-,20+/m0/s1. The van der Waals surface area contributed by atoms with Crippen LogP contribution in [0, 0.1) is 18.8 Å². The molecule has 0 spiro atoms. The molecule has 2 fully saturated rings. The fourth-order valence-electron chi connectivity index (χ4n) is 4.74. The Labute approximate surface area is 161 Å². The molecule has 2 unspecified atom stereocenters. The zero-order valence-corrected chi connectivity index (χ0v) is 15.1. The number of carbonyl (C=O) groups excluding carboxylic acids is 3. The molecule has 2 saturated heterocycles. The molecule has 3 aliphatic heterocycles. The van der Waals surface area contributed by atoms with Crippen LogP contribution in [0.15, 0.2) is 54.6 Å². The minimum atomic E-state index is -0.742. The van der Waals surface area contributed by atoms with E-state index in [1.807, 2.05) is 42.2 Å². The van der Waals surface area contributed by atoms with Gasteiger partial charge in [-0.25, -0.2) is 4.90 Å². The lowest BCUT2D eigenvalue weighted by molar-refractivity contribution is -0.125. The van der Waals surface area contributed by atoms with Crippen LogP contribution in [0.2, 0.25) is 0 Å². The average molecular weight is 374 g/mol. The molecule has 0 aromatic heterocycles. The number of imide groups is 1. The van der Waals surface area contributed by atoms with Gasteiger partial charge in [0, 0.05) is 5.70 Å². The Balaban J connectivity index is 1.55. The molecule has 1 N–H and O–H groups in total. The normalized spacial score (nSPS) is 28.0. The third kappa shape index (κ3) is 2.05. The van der Waals surface area contributed by atoms with Gasteiger partial charge in [-0.15, -0.1) is 0 Å². The Morgan fingerprint density at radius 1 is 1.00 bits per heavy atom. The van der Waals surface area contributed by atoms with Crippen molar-refractivity contribution in [2.75, 3.05) is 4.90 Å². The summed E-state index contributed by atoms with van der Waals surface area (Å²) in [7, 11) is 0. The fourth-order valence-corrected chi connectivity index (χ4v) is 4.74. The molecule has 3 heterocycles. The number of aromatic hydroxyl groups is 1. The van der Waals surface area contributed by atoms with Crippen LogP contribution >= 0.6 is 0 Å². The lowest BCUT2D eigenvalue weighted by Gasteiger charge is -2.41. The summed E-state index contributed by atoms with van der Waals surface area (Å²) in [5.41, 5.74) is 3.13. The van der Waals surface area contributed by atoms with E-state index in [1.165, 1.54) is 12.1 Å². The van der Waals surface area contributed by atoms with Crippen molar-refractivity contribution in [3.8, 4) is 5.75 Å². The van der Waals surface area contributed by atoms with Gasteiger partial charge in [0.1, 0.15) is 12.0 Å². The third-order valence-electron chi connectivity index (χ3n) is 5.96. The topological polar surface area (TPSA) is 77.9 Å². The van der Waals surface area contributed by atoms with Gasteiger partial charge in [-0.1, -0.05) is 35.9 Å². The first-order chi connectivity index (χ1) is 13.5. The summed E-state index contributed by atoms with van der Waals surface area (Å²) >= 11 is 0. The third-order valence-corrected chi connectivity index (χ3v) is 5.96. The van der Waals surface area contributed by atoms with Crippen molar-refractivity contribution in [3.05, 3.63) is 65.7 Å². The van der Waals surface area contributed by atoms with E-state index in [-0.39, 0.29) is 23.4 Å². The zero-order valence-electron chi connectivity index (χ0n) is 15.1. The van der Waals surface area contributed by atoms with Crippen LogP contribution in [0.3, 0.4) is 0 Å². The van der Waals surface area contributed by atoms with Crippen LogP contribution in [0.4, 0.5) is 5.69 Å². The highest BCUT2D eigenvalue weighted by molar-refractivity contribution is 6.24. The molecule has 0 saturated carbocycles. The summed E-state index contributed by atoms with van der Waals surface area (Å²) < 4.78 is 0. The number of fused-ring (bicyclic) bond motifs is 3. The molecule has 6 heteroatoms. The first-order valence-electron chi connectivity index (χ1n) is 9.21. The largest absolute Gasteiger partial charge is 0.506 e. The second-order valence-electron chi connectivity index (χ2n) is 7.50. The van der Waals surface area contributed by atoms with Crippen molar-refractivity contribution >= 4 is 29.5 Å². The van der Waals surface area contributed by atoms with Crippen LogP contribution in [-0.2, 0) is 14.4 Å². The van der Waals surface area contributed by atoms with Gasteiger partial charge in [-0.05, 0) is 36.8 Å². The highest BCUT2D eigenvalue weighted by atomic mass is 16.3. The van der Waals surface area contributed by atoms with E-state index >= 15 is 0 Å². The minimum absolute atomic E-state index is 0.131. The number of phenolic OH excluding ortho intramolecular Hbond substituents is 1. The van der Waals surface area contributed by atoms with E-state index in [9.17, 15) is 19.5 Å². The van der Waals surface area contributed by atoms with Crippen LogP contribution in [0.1, 0.15) is 11.1 Å². The Bertz CT molecular complexity index is 1060. The predicted molar refractivity (Wildman–Crippen MR) is 102 cm³/mol. The van der Waals surface area contributed by atoms with Crippen LogP contribution < -0.4 is 4.90 Å². The highest BCUT2D eigenvalue weighted by Gasteiger charge is 2.65. The summed E-state index contributed by atoms with van der Waals surface area (Å²) in [4.78, 5) is 41.1. The van der Waals surface area contributed by atoms with Crippen molar-refractivity contribution in [1.82, 2.24) is 4.90 Å². The van der Waals surface area contributed by atoms with Crippen molar-refractivity contribution in [1.29, 1.82) is 0 Å². The first-order valence-corrected chi connectivity index (χ1v) is 9.21. The molecule has 3 aliphatic rings. The smallest absolute Gasteiger partial charge is 0.240 e. The van der Waals surface area contributed by atoms with Crippen LogP contribution in [0.25, 0.3) is 5.70 Å². The lowest BCUT2D eigenvalue weighted by atomic mass is 9.88. The Morgan fingerprint density at radius 2 is 1.75 bits per heavy atom. The summed E-state index contributed by atoms with van der Waals surface area (Å²) in [6, 6.07) is 13.2. The molecule has 2 aromatic carbocycles. The molecule has 5 rings (SSSR count). The predicted octanol–water partition coefficient (Wildman–Crippen LogP) is 2.11. The maximum Gasteiger partial charge on any atom is 0.240 e. The maximum absolute atomic E-state index is 13.1. The van der Waals surface area contributed by atoms with Gasteiger partial charge in [-0.3, -0.25) is 9.59 Å². The van der Waals surface area contributed by atoms with Crippen molar-refractivity contribution in [3.63, 3.8) is 0 Å². The van der Waals surface area contributed by atoms with E-state index in [2.05, 4.69) is 0 Å². The number of carbonyl (C=O) groups is 3. The van der Waals surface area contributed by atoms with Gasteiger partial charge >= 0.3 is 0 Å². The SMILES string of the molecule is Cc1cccc(C2=CC3[C@@H]4C(=O)N(c5ccccc5O)C(=O)[C@@H]4C(C=O)N23)c1. The van der Waals surface area contributed by atoms with E-state index < -0.39 is 23.8 Å². The number of para-hydroxylation sites is 2. The number of aldehydes is 1. The van der Waals surface area contributed by atoms with Gasteiger partial charge < -0.3 is 14.8 Å². The second-order valence-corrected chi connectivity index (χ2v) is 7.50. The molecular weight excluding hydrogens is 356 g/mol. The number of hydrogen-bond donors (Lipinski definition) is 1. The molecule has 6 nitrogen and oxygen atoms in total. The average Bonchev–Trinajstić information content (AvgIpc) is 3.05. The van der Waals surface area contributed by atoms with Gasteiger partial charge in [0.2, 0.25) is 11.8 Å². The van der Waals surface area contributed by atoms with E-state index in [1.54, 1.807) is 12.1 Å². The van der Waals surface area contributed by atoms with Gasteiger partial charge in [-0.2, -0.15) is 0 Å². The number of rotatable bonds is 3. The molecule has 0 bridgehead atoms. The molecule has 140 valence electrons.